The third-order valence-corrected chi connectivity index (χ3v) is 12.2. The van der Waals surface area contributed by atoms with Gasteiger partial charge in [-0.15, -0.1) is 0 Å². The number of hydroxylamine groups is 2. The molecular weight excluding hydrogens is 406 g/mol. The lowest BCUT2D eigenvalue weighted by molar-refractivity contribution is -0.347. The molecule has 0 N–H and O–H groups in total. The van der Waals surface area contributed by atoms with Crippen molar-refractivity contribution in [2.75, 3.05) is 6.61 Å². The maximum absolute atomic E-state index is 13.9. The van der Waals surface area contributed by atoms with Crippen molar-refractivity contribution in [3.8, 4) is 0 Å². The Kier molecular flexibility index (Phi) is 4.50. The Hall–Kier alpha value is -1.55. The monoisotopic (exact) mass is 431 g/mol. The van der Waals surface area contributed by atoms with Gasteiger partial charge in [0.2, 0.25) is 14.7 Å². The quantitative estimate of drug-likeness (QED) is 0.677. The third-order valence-electron chi connectivity index (χ3n) is 6.43. The van der Waals surface area contributed by atoms with Crippen LogP contribution in [-0.2, 0) is 30.4 Å². The van der Waals surface area contributed by atoms with E-state index in [2.05, 4.69) is 25.2 Å². The highest BCUT2D eigenvalue weighted by Gasteiger charge is 2.79. The first-order chi connectivity index (χ1) is 13.9. The van der Waals surface area contributed by atoms with Crippen molar-refractivity contribution in [3.05, 3.63) is 66.2 Å². The first kappa shape index (κ1) is 19.4. The van der Waals surface area contributed by atoms with Crippen LogP contribution in [0.25, 0.3) is 0 Å². The molecule has 3 aliphatic rings. The first-order valence-electron chi connectivity index (χ1n) is 9.99. The van der Waals surface area contributed by atoms with Gasteiger partial charge in [-0.2, -0.15) is 0 Å². The van der Waals surface area contributed by atoms with E-state index in [1.54, 1.807) is 24.3 Å². The summed E-state index contributed by atoms with van der Waals surface area (Å²) in [5.41, 5.74) is 0.974. The molecule has 29 heavy (non-hydrogen) atoms. The van der Waals surface area contributed by atoms with Crippen LogP contribution in [0, 0.1) is 0 Å². The van der Waals surface area contributed by atoms with Crippen molar-refractivity contribution in [2.24, 2.45) is 0 Å². The Labute approximate surface area is 172 Å². The van der Waals surface area contributed by atoms with Crippen molar-refractivity contribution in [3.63, 3.8) is 0 Å². The van der Waals surface area contributed by atoms with Gasteiger partial charge < -0.3 is 4.43 Å². The minimum absolute atomic E-state index is 0.216. The minimum Gasteiger partial charge on any atom is -0.408 e. The Morgan fingerprint density at radius 1 is 1.07 bits per heavy atom. The number of sulfone groups is 1. The normalized spacial score (nSPS) is 33.1. The second-order valence-corrected chi connectivity index (χ2v) is 14.8. The van der Waals surface area contributed by atoms with E-state index >= 15 is 0 Å². The van der Waals surface area contributed by atoms with Crippen LogP contribution in [0.1, 0.15) is 12.0 Å². The van der Waals surface area contributed by atoms with Gasteiger partial charge in [-0.3, -0.25) is 9.68 Å². The van der Waals surface area contributed by atoms with Gasteiger partial charge in [0.25, 0.3) is 0 Å². The molecular formula is C21H25NO5SSi. The van der Waals surface area contributed by atoms with E-state index in [0.717, 1.165) is 6.42 Å². The summed E-state index contributed by atoms with van der Waals surface area (Å²) in [7, 11) is -6.09. The second kappa shape index (κ2) is 6.73. The van der Waals surface area contributed by atoms with Crippen LogP contribution in [-0.4, -0.2) is 45.6 Å². The van der Waals surface area contributed by atoms with E-state index in [0.29, 0.717) is 13.0 Å². The van der Waals surface area contributed by atoms with Crippen LogP contribution in [0.4, 0.5) is 0 Å². The number of benzene rings is 2. The Morgan fingerprint density at radius 2 is 1.72 bits per heavy atom. The highest BCUT2D eigenvalue weighted by Crippen LogP contribution is 2.61. The number of hydrogen-bond acceptors (Lipinski definition) is 6. The van der Waals surface area contributed by atoms with Crippen molar-refractivity contribution in [2.45, 2.75) is 53.5 Å². The maximum atomic E-state index is 13.9. The molecule has 0 bridgehead atoms. The molecule has 4 atom stereocenters. The third kappa shape index (κ3) is 2.70. The summed E-state index contributed by atoms with van der Waals surface area (Å²) in [6.07, 6.45) is 0.516. The van der Waals surface area contributed by atoms with Crippen LogP contribution in [0.15, 0.2) is 65.6 Å². The fraction of sp³-hybridized carbons (Fsp3) is 0.429. The summed E-state index contributed by atoms with van der Waals surface area (Å²) in [6, 6.07) is 18.7. The van der Waals surface area contributed by atoms with Crippen molar-refractivity contribution >= 4 is 18.2 Å². The van der Waals surface area contributed by atoms with Gasteiger partial charge in [-0.1, -0.05) is 48.5 Å². The minimum atomic E-state index is -3.77. The molecule has 5 rings (SSSR count). The second-order valence-electron chi connectivity index (χ2n) is 8.48. The molecule has 0 saturated carbocycles. The highest BCUT2D eigenvalue weighted by molar-refractivity contribution is 7.93. The highest BCUT2D eigenvalue weighted by atomic mass is 32.2. The predicted octanol–water partition coefficient (Wildman–Crippen LogP) is 3.32. The molecule has 0 spiro atoms. The Balaban J connectivity index is 1.54. The lowest BCUT2D eigenvalue weighted by Gasteiger charge is -2.30. The molecule has 154 valence electrons. The zero-order valence-electron chi connectivity index (χ0n) is 16.5. The molecule has 3 saturated heterocycles. The van der Waals surface area contributed by atoms with Gasteiger partial charge in [-0.05, 0) is 48.9 Å². The molecule has 2 aromatic rings. The van der Waals surface area contributed by atoms with Crippen molar-refractivity contribution < 1.29 is 22.5 Å². The van der Waals surface area contributed by atoms with E-state index in [-0.39, 0.29) is 16.5 Å². The molecule has 3 fully saturated rings. The van der Waals surface area contributed by atoms with E-state index in [1.165, 1.54) is 10.8 Å². The van der Waals surface area contributed by atoms with Crippen LogP contribution in [0.2, 0.25) is 18.6 Å². The van der Waals surface area contributed by atoms with Gasteiger partial charge in [0.1, 0.15) is 12.2 Å². The SMILES string of the molecule is C[Si]1(C)O[C@@H]2[C@@H](CCc3ccccc3)ON3OC[C@H]1[C@]23S(=O)(=O)c1ccccc1. The molecule has 0 aliphatic carbocycles. The fourth-order valence-corrected chi connectivity index (χ4v) is 11.4. The number of hydrogen-bond donors (Lipinski definition) is 0. The summed E-state index contributed by atoms with van der Waals surface area (Å²) >= 11 is 0. The molecule has 8 heteroatoms. The van der Waals surface area contributed by atoms with Gasteiger partial charge in [0.15, 0.2) is 8.32 Å². The van der Waals surface area contributed by atoms with Gasteiger partial charge in [0.05, 0.1) is 11.5 Å². The van der Waals surface area contributed by atoms with Crippen molar-refractivity contribution in [1.29, 1.82) is 0 Å². The lowest BCUT2D eigenvalue weighted by atomic mass is 9.98. The van der Waals surface area contributed by atoms with Crippen LogP contribution in [0.3, 0.4) is 0 Å². The summed E-state index contributed by atoms with van der Waals surface area (Å²) in [5.74, 6) is 0. The van der Waals surface area contributed by atoms with E-state index in [1.807, 2.05) is 24.3 Å². The van der Waals surface area contributed by atoms with Crippen molar-refractivity contribution in [1.82, 2.24) is 5.23 Å². The smallest absolute Gasteiger partial charge is 0.210 e. The standard InChI is InChI=1S/C21H25NO5SSi/c1-29(2)19-15-25-22-21(19,28(23,24)17-11-7-4-8-12-17)20(27-29)18(26-22)14-13-16-9-5-3-6-10-16/h3-12,18-20H,13-15H2,1-2H3/t18-,19+,20-,21+/m1/s1. The average Bonchev–Trinajstić information content (AvgIpc) is 3.33. The molecule has 2 aromatic carbocycles. The summed E-state index contributed by atoms with van der Waals surface area (Å²) < 4.78 is 34.4. The molecule has 3 aliphatic heterocycles. The molecule has 0 radical (unpaired) electrons. The number of aryl methyl sites for hydroxylation is 1. The summed E-state index contributed by atoms with van der Waals surface area (Å²) in [5, 5.41) is 1.28. The molecule has 6 nitrogen and oxygen atoms in total. The Morgan fingerprint density at radius 3 is 2.41 bits per heavy atom. The van der Waals surface area contributed by atoms with Crippen LogP contribution < -0.4 is 0 Å². The summed E-state index contributed by atoms with van der Waals surface area (Å²) in [6.45, 7) is 4.48. The number of nitrogens with zero attached hydrogens (tertiary/aromatic N) is 1. The largest absolute Gasteiger partial charge is 0.408 e. The average molecular weight is 432 g/mol. The molecule has 3 heterocycles. The zero-order valence-corrected chi connectivity index (χ0v) is 18.3. The number of rotatable bonds is 5. The van der Waals surface area contributed by atoms with Gasteiger partial charge in [-0.25, -0.2) is 8.42 Å². The lowest BCUT2D eigenvalue weighted by Crippen LogP contribution is -2.53. The topological polar surface area (TPSA) is 65.1 Å². The molecule has 0 aromatic heterocycles. The van der Waals surface area contributed by atoms with Gasteiger partial charge in [0, 0.05) is 5.54 Å². The first-order valence-corrected chi connectivity index (χ1v) is 14.5. The van der Waals surface area contributed by atoms with Crippen LogP contribution >= 0.6 is 0 Å². The van der Waals surface area contributed by atoms with Crippen LogP contribution in [0.5, 0.6) is 0 Å². The fourth-order valence-electron chi connectivity index (χ4n) is 5.00. The molecule has 0 unspecified atom stereocenters. The van der Waals surface area contributed by atoms with Gasteiger partial charge >= 0.3 is 0 Å². The molecule has 0 amide bonds. The maximum Gasteiger partial charge on any atom is 0.210 e. The predicted molar refractivity (Wildman–Crippen MR) is 110 cm³/mol. The van der Waals surface area contributed by atoms with E-state index in [9.17, 15) is 8.42 Å². The van der Waals surface area contributed by atoms with E-state index < -0.39 is 29.1 Å². The summed E-state index contributed by atoms with van der Waals surface area (Å²) in [4.78, 5) is 10.9. The van der Waals surface area contributed by atoms with E-state index in [4.69, 9.17) is 14.1 Å². The Bertz CT molecular complexity index is 1000. The zero-order chi connectivity index (χ0) is 20.3.